The number of piperazine rings is 1. The van der Waals surface area contributed by atoms with Crippen LogP contribution in [0.15, 0.2) is 71.3 Å². The molecule has 2 heterocycles. The number of rotatable bonds is 8. The van der Waals surface area contributed by atoms with E-state index in [4.69, 9.17) is 0 Å². The van der Waals surface area contributed by atoms with Gasteiger partial charge in [0, 0.05) is 65.4 Å². The first kappa shape index (κ1) is 30.6. The summed E-state index contributed by atoms with van der Waals surface area (Å²) in [5, 5.41) is 12.9. The monoisotopic (exact) mass is 667 g/mol. The number of hydrogen-bond donors (Lipinski definition) is 4. The second-order valence-corrected chi connectivity index (χ2v) is 14.1. The maximum Gasteiger partial charge on any atom is 0.407 e. The number of nitrogens with one attached hydrogen (secondary N) is 3. The van der Waals surface area contributed by atoms with Crippen molar-refractivity contribution in [1.29, 1.82) is 0 Å². The van der Waals surface area contributed by atoms with Gasteiger partial charge in [0.05, 0.1) is 17.5 Å². The second kappa shape index (κ2) is 12.0. The Labute approximate surface area is 259 Å². The lowest BCUT2D eigenvalue weighted by molar-refractivity contribution is 0.102. The average molecular weight is 669 g/mol. The van der Waals surface area contributed by atoms with Gasteiger partial charge in [-0.25, -0.2) is 13.2 Å². The minimum absolute atomic E-state index is 0.290. The van der Waals surface area contributed by atoms with Crippen LogP contribution in [0.25, 0.3) is 10.9 Å². The standard InChI is InChI=1S/C31H34BrN5O5S/c1-31(2,21-6-4-5-20(13-21)19-36-9-11-37(12-10-36)30(39)40)22-14-23(32)16-25(15-22)34-29(38)27-18-33-28-17-24(7-8-26(27)28)35-43(3,41)42/h4-8,13-18,33,35H,9-12,19H2,1-3H3,(H,34,38)(H,39,40). The van der Waals surface area contributed by atoms with Crippen molar-refractivity contribution < 1.29 is 23.1 Å². The van der Waals surface area contributed by atoms with E-state index in [-0.39, 0.29) is 11.3 Å². The van der Waals surface area contributed by atoms with Crippen molar-refractivity contribution in [3.05, 3.63) is 93.6 Å². The molecule has 1 fully saturated rings. The molecule has 0 saturated carbocycles. The lowest BCUT2D eigenvalue weighted by Crippen LogP contribution is -2.47. The first-order chi connectivity index (χ1) is 20.3. The Morgan fingerprint density at radius 3 is 2.42 bits per heavy atom. The minimum Gasteiger partial charge on any atom is -0.465 e. The topological polar surface area (TPSA) is 135 Å². The van der Waals surface area contributed by atoms with Gasteiger partial charge in [0.15, 0.2) is 0 Å². The van der Waals surface area contributed by atoms with E-state index in [1.807, 2.05) is 12.1 Å². The number of carbonyl (C=O) groups is 2. The Balaban J connectivity index is 1.33. The summed E-state index contributed by atoms with van der Waals surface area (Å²) < 4.78 is 26.4. The fourth-order valence-corrected chi connectivity index (χ4v) is 6.44. The van der Waals surface area contributed by atoms with Crippen LogP contribution in [0.4, 0.5) is 16.2 Å². The Kier molecular flexibility index (Phi) is 8.55. The van der Waals surface area contributed by atoms with Crippen molar-refractivity contribution in [3.63, 3.8) is 0 Å². The van der Waals surface area contributed by atoms with Crippen molar-refractivity contribution in [2.75, 3.05) is 42.5 Å². The molecule has 43 heavy (non-hydrogen) atoms. The Bertz CT molecular complexity index is 1800. The highest BCUT2D eigenvalue weighted by atomic mass is 79.9. The molecule has 2 amide bonds. The summed E-state index contributed by atoms with van der Waals surface area (Å²) in [5.41, 5.74) is 5.04. The zero-order valence-corrected chi connectivity index (χ0v) is 26.5. The van der Waals surface area contributed by atoms with E-state index in [1.54, 1.807) is 24.4 Å². The van der Waals surface area contributed by atoms with Crippen molar-refractivity contribution in [2.45, 2.75) is 25.8 Å². The molecule has 1 saturated heterocycles. The molecule has 5 rings (SSSR count). The molecular weight excluding hydrogens is 634 g/mol. The summed E-state index contributed by atoms with van der Waals surface area (Å²) >= 11 is 3.62. The van der Waals surface area contributed by atoms with Crippen molar-refractivity contribution >= 4 is 60.2 Å². The maximum absolute atomic E-state index is 13.3. The highest BCUT2D eigenvalue weighted by Gasteiger charge is 2.26. The van der Waals surface area contributed by atoms with Crippen LogP contribution in [0, 0.1) is 0 Å². The number of sulfonamides is 1. The van der Waals surface area contributed by atoms with Gasteiger partial charge in [-0.05, 0) is 53.1 Å². The number of H-pyrrole nitrogens is 1. The highest BCUT2D eigenvalue weighted by Crippen LogP contribution is 2.36. The van der Waals surface area contributed by atoms with Crippen molar-refractivity contribution in [3.8, 4) is 0 Å². The predicted molar refractivity (Wildman–Crippen MR) is 172 cm³/mol. The summed E-state index contributed by atoms with van der Waals surface area (Å²) in [6.45, 7) is 7.45. The van der Waals surface area contributed by atoms with E-state index in [2.05, 4.69) is 80.0 Å². The van der Waals surface area contributed by atoms with Crippen molar-refractivity contribution in [1.82, 2.24) is 14.8 Å². The van der Waals surface area contributed by atoms with Gasteiger partial charge in [-0.2, -0.15) is 0 Å². The molecule has 0 radical (unpaired) electrons. The fourth-order valence-electron chi connectivity index (χ4n) is 5.39. The molecule has 4 aromatic rings. The van der Waals surface area contributed by atoms with Crippen LogP contribution < -0.4 is 10.0 Å². The van der Waals surface area contributed by atoms with Gasteiger partial charge in [-0.15, -0.1) is 0 Å². The van der Waals surface area contributed by atoms with E-state index in [1.165, 1.54) is 4.90 Å². The normalized spacial score (nSPS) is 14.6. The van der Waals surface area contributed by atoms with E-state index >= 15 is 0 Å². The molecule has 1 aliphatic rings. The van der Waals surface area contributed by atoms with Crippen LogP contribution in [-0.2, 0) is 22.0 Å². The van der Waals surface area contributed by atoms with Gasteiger partial charge >= 0.3 is 6.09 Å². The summed E-state index contributed by atoms with van der Waals surface area (Å²) in [7, 11) is -3.42. The molecule has 226 valence electrons. The third-order valence-corrected chi connectivity index (χ3v) is 8.87. The number of aromatic nitrogens is 1. The average Bonchev–Trinajstić information content (AvgIpc) is 3.36. The number of amides is 2. The third-order valence-electron chi connectivity index (χ3n) is 7.80. The first-order valence-corrected chi connectivity index (χ1v) is 16.5. The van der Waals surface area contributed by atoms with Gasteiger partial charge in [0.1, 0.15) is 0 Å². The molecule has 1 aliphatic heterocycles. The van der Waals surface area contributed by atoms with Crippen LogP contribution in [0.2, 0.25) is 0 Å². The van der Waals surface area contributed by atoms with Crippen LogP contribution in [-0.4, -0.2) is 72.7 Å². The number of carbonyl (C=O) groups excluding carboxylic acids is 1. The Morgan fingerprint density at radius 1 is 0.977 bits per heavy atom. The summed E-state index contributed by atoms with van der Waals surface area (Å²) in [6, 6.07) is 19.3. The summed E-state index contributed by atoms with van der Waals surface area (Å²) in [4.78, 5) is 31.4. The van der Waals surface area contributed by atoms with Crippen LogP contribution in [0.5, 0.6) is 0 Å². The van der Waals surface area contributed by atoms with Crippen LogP contribution in [0.1, 0.15) is 40.9 Å². The molecule has 4 N–H and O–H groups in total. The minimum atomic E-state index is -3.42. The van der Waals surface area contributed by atoms with Crippen LogP contribution in [0.3, 0.4) is 0 Å². The van der Waals surface area contributed by atoms with Crippen LogP contribution >= 0.6 is 15.9 Å². The number of halogens is 1. The number of nitrogens with zero attached hydrogens (tertiary/aromatic N) is 2. The predicted octanol–water partition coefficient (Wildman–Crippen LogP) is 5.68. The molecule has 0 unspecified atom stereocenters. The highest BCUT2D eigenvalue weighted by molar-refractivity contribution is 9.10. The van der Waals surface area contributed by atoms with E-state index < -0.39 is 16.1 Å². The van der Waals surface area contributed by atoms with Gasteiger partial charge in [0.25, 0.3) is 5.91 Å². The zero-order valence-electron chi connectivity index (χ0n) is 24.1. The summed E-state index contributed by atoms with van der Waals surface area (Å²) in [6.07, 6.45) is 1.83. The molecule has 3 aromatic carbocycles. The third kappa shape index (κ3) is 7.20. The lowest BCUT2D eigenvalue weighted by atomic mass is 9.77. The van der Waals surface area contributed by atoms with E-state index in [0.29, 0.717) is 54.0 Å². The zero-order chi connectivity index (χ0) is 30.9. The molecule has 12 heteroatoms. The van der Waals surface area contributed by atoms with Gasteiger partial charge < -0.3 is 20.3 Å². The molecule has 0 bridgehead atoms. The molecule has 10 nitrogen and oxygen atoms in total. The Morgan fingerprint density at radius 2 is 1.72 bits per heavy atom. The number of fused-ring (bicyclic) bond motifs is 1. The van der Waals surface area contributed by atoms with Gasteiger partial charge in [0.2, 0.25) is 10.0 Å². The van der Waals surface area contributed by atoms with Gasteiger partial charge in [-0.3, -0.25) is 14.4 Å². The quantitative estimate of drug-likeness (QED) is 0.191. The molecule has 0 spiro atoms. The van der Waals surface area contributed by atoms with Gasteiger partial charge in [-0.1, -0.05) is 54.0 Å². The first-order valence-electron chi connectivity index (χ1n) is 13.8. The molecule has 0 atom stereocenters. The molecule has 0 aliphatic carbocycles. The summed E-state index contributed by atoms with van der Waals surface area (Å²) in [5.74, 6) is -0.290. The SMILES string of the molecule is CC(C)(c1cccc(CN2CCN(C(=O)O)CC2)c1)c1cc(Br)cc(NC(=O)c2c[nH]c3cc(NS(C)(=O)=O)ccc23)c1. The molecule has 1 aromatic heterocycles. The lowest BCUT2D eigenvalue weighted by Gasteiger charge is -2.33. The Hall–Kier alpha value is -3.87. The van der Waals surface area contributed by atoms with E-state index in [0.717, 1.165) is 34.0 Å². The molecular formula is C31H34BrN5O5S. The number of aromatic amines is 1. The van der Waals surface area contributed by atoms with E-state index in [9.17, 15) is 23.1 Å². The van der Waals surface area contributed by atoms with Crippen molar-refractivity contribution in [2.24, 2.45) is 0 Å². The number of anilines is 2. The second-order valence-electron chi connectivity index (χ2n) is 11.4. The largest absolute Gasteiger partial charge is 0.465 e. The number of carboxylic acid groups (broad SMARTS) is 1. The maximum atomic E-state index is 13.3. The number of hydrogen-bond acceptors (Lipinski definition) is 5. The number of benzene rings is 3. The fraction of sp³-hybridized carbons (Fsp3) is 0.290. The smallest absolute Gasteiger partial charge is 0.407 e.